The van der Waals surface area contributed by atoms with Crippen molar-refractivity contribution in [1.29, 1.82) is 0 Å². The SMILES string of the molecule is Cc1noc(C)c1CCC(=O)N1CCCC[C@H]1c1ccn2nccc2n1. The quantitative estimate of drug-likeness (QED) is 0.720. The second kappa shape index (κ2) is 6.90. The van der Waals surface area contributed by atoms with Crippen molar-refractivity contribution in [3.63, 3.8) is 0 Å². The van der Waals surface area contributed by atoms with Crippen LogP contribution in [0.1, 0.15) is 54.4 Å². The highest BCUT2D eigenvalue weighted by Crippen LogP contribution is 2.31. The molecule has 4 heterocycles. The molecule has 0 bridgehead atoms. The number of hydrogen-bond acceptors (Lipinski definition) is 5. The largest absolute Gasteiger partial charge is 0.361 e. The van der Waals surface area contributed by atoms with Gasteiger partial charge in [0.15, 0.2) is 5.65 Å². The first kappa shape index (κ1) is 16.8. The molecule has 1 aliphatic heterocycles. The van der Waals surface area contributed by atoms with Gasteiger partial charge in [0.25, 0.3) is 0 Å². The van der Waals surface area contributed by atoms with Gasteiger partial charge >= 0.3 is 0 Å². The highest BCUT2D eigenvalue weighted by atomic mass is 16.5. The fourth-order valence-electron chi connectivity index (χ4n) is 3.78. The zero-order chi connectivity index (χ0) is 18.1. The Morgan fingerprint density at radius 1 is 1.31 bits per heavy atom. The van der Waals surface area contributed by atoms with E-state index in [-0.39, 0.29) is 11.9 Å². The van der Waals surface area contributed by atoms with Gasteiger partial charge in [0.2, 0.25) is 5.91 Å². The second-order valence-corrected chi connectivity index (χ2v) is 6.89. The predicted molar refractivity (Wildman–Crippen MR) is 95.6 cm³/mol. The first-order valence-electron chi connectivity index (χ1n) is 9.15. The van der Waals surface area contributed by atoms with Crippen molar-refractivity contribution in [3.8, 4) is 0 Å². The number of aromatic nitrogens is 4. The van der Waals surface area contributed by atoms with Crippen LogP contribution < -0.4 is 0 Å². The van der Waals surface area contributed by atoms with Gasteiger partial charge in [0.05, 0.1) is 23.6 Å². The van der Waals surface area contributed by atoms with Gasteiger partial charge in [-0.2, -0.15) is 5.10 Å². The van der Waals surface area contributed by atoms with E-state index < -0.39 is 0 Å². The average molecular weight is 353 g/mol. The molecule has 3 aromatic rings. The fraction of sp³-hybridized carbons (Fsp3) is 0.474. The van der Waals surface area contributed by atoms with Crippen LogP contribution in [0.2, 0.25) is 0 Å². The van der Waals surface area contributed by atoms with Crippen molar-refractivity contribution < 1.29 is 9.32 Å². The molecule has 3 aromatic heterocycles. The van der Waals surface area contributed by atoms with Gasteiger partial charge in [0, 0.05) is 30.8 Å². The molecule has 7 nitrogen and oxygen atoms in total. The normalized spacial score (nSPS) is 17.8. The Kier molecular flexibility index (Phi) is 4.44. The zero-order valence-electron chi connectivity index (χ0n) is 15.2. The first-order chi connectivity index (χ1) is 12.6. The zero-order valence-corrected chi connectivity index (χ0v) is 15.2. The van der Waals surface area contributed by atoms with Crippen molar-refractivity contribution in [2.45, 2.75) is 52.0 Å². The van der Waals surface area contributed by atoms with Crippen LogP contribution in [0.4, 0.5) is 0 Å². The van der Waals surface area contributed by atoms with Crippen LogP contribution >= 0.6 is 0 Å². The van der Waals surface area contributed by atoms with E-state index in [0.29, 0.717) is 12.8 Å². The molecule has 0 aromatic carbocycles. The third-order valence-electron chi connectivity index (χ3n) is 5.21. The Labute approximate surface area is 152 Å². The van der Waals surface area contributed by atoms with Crippen LogP contribution in [0.3, 0.4) is 0 Å². The van der Waals surface area contributed by atoms with Gasteiger partial charge < -0.3 is 9.42 Å². The van der Waals surface area contributed by atoms with E-state index >= 15 is 0 Å². The van der Waals surface area contributed by atoms with E-state index in [1.807, 2.05) is 37.1 Å². The van der Waals surface area contributed by atoms with E-state index in [4.69, 9.17) is 9.51 Å². The molecular weight excluding hydrogens is 330 g/mol. The predicted octanol–water partition coefficient (Wildman–Crippen LogP) is 3.02. The summed E-state index contributed by atoms with van der Waals surface area (Å²) >= 11 is 0. The summed E-state index contributed by atoms with van der Waals surface area (Å²) in [5.41, 5.74) is 3.68. The molecule has 0 spiro atoms. The number of likely N-dealkylation sites (tertiary alicyclic amines) is 1. The number of fused-ring (bicyclic) bond motifs is 1. The van der Waals surface area contributed by atoms with Crippen LogP contribution in [0, 0.1) is 13.8 Å². The monoisotopic (exact) mass is 353 g/mol. The van der Waals surface area contributed by atoms with E-state index in [1.165, 1.54) is 0 Å². The Balaban J connectivity index is 1.52. The Morgan fingerprint density at radius 3 is 3.00 bits per heavy atom. The Morgan fingerprint density at radius 2 is 2.19 bits per heavy atom. The molecular formula is C19H23N5O2. The summed E-state index contributed by atoms with van der Waals surface area (Å²) in [6.45, 7) is 4.61. The topological polar surface area (TPSA) is 76.5 Å². The Bertz CT molecular complexity index is 910. The molecule has 1 fully saturated rings. The minimum absolute atomic E-state index is 0.0424. The molecule has 4 rings (SSSR count). The molecule has 26 heavy (non-hydrogen) atoms. The maximum absolute atomic E-state index is 12.9. The standard InChI is InChI=1S/C19H23N5O2/c1-13-15(14(2)26-22-13)6-7-19(25)23-11-4-3-5-17(23)16-9-12-24-18(21-16)8-10-20-24/h8-10,12,17H,3-7,11H2,1-2H3/t17-/m0/s1. The summed E-state index contributed by atoms with van der Waals surface area (Å²) in [5.74, 6) is 0.975. The molecule has 1 atom stereocenters. The number of nitrogens with zero attached hydrogens (tertiary/aromatic N) is 5. The summed E-state index contributed by atoms with van der Waals surface area (Å²) in [6.07, 6.45) is 7.90. The molecule has 0 unspecified atom stereocenters. The molecule has 7 heteroatoms. The van der Waals surface area contributed by atoms with E-state index in [2.05, 4.69) is 10.3 Å². The summed E-state index contributed by atoms with van der Waals surface area (Å²) in [4.78, 5) is 19.7. The smallest absolute Gasteiger partial charge is 0.223 e. The summed E-state index contributed by atoms with van der Waals surface area (Å²) in [7, 11) is 0. The summed E-state index contributed by atoms with van der Waals surface area (Å²) < 4.78 is 6.95. The maximum Gasteiger partial charge on any atom is 0.223 e. The molecule has 0 saturated carbocycles. The highest BCUT2D eigenvalue weighted by Gasteiger charge is 2.29. The van der Waals surface area contributed by atoms with Crippen LogP contribution in [0.25, 0.3) is 5.65 Å². The molecule has 0 aliphatic carbocycles. The number of aryl methyl sites for hydroxylation is 2. The van der Waals surface area contributed by atoms with Gasteiger partial charge in [-0.1, -0.05) is 5.16 Å². The highest BCUT2D eigenvalue weighted by molar-refractivity contribution is 5.77. The van der Waals surface area contributed by atoms with Gasteiger partial charge in [-0.3, -0.25) is 4.79 Å². The maximum atomic E-state index is 12.9. The molecule has 1 amide bonds. The first-order valence-corrected chi connectivity index (χ1v) is 9.15. The van der Waals surface area contributed by atoms with Crippen LogP contribution in [-0.2, 0) is 11.2 Å². The lowest BCUT2D eigenvalue weighted by Gasteiger charge is -2.35. The van der Waals surface area contributed by atoms with Gasteiger partial charge in [0.1, 0.15) is 5.76 Å². The second-order valence-electron chi connectivity index (χ2n) is 6.89. The van der Waals surface area contributed by atoms with Crippen molar-refractivity contribution in [3.05, 3.63) is 47.2 Å². The summed E-state index contributed by atoms with van der Waals surface area (Å²) in [5, 5.41) is 8.17. The lowest BCUT2D eigenvalue weighted by molar-refractivity contribution is -0.135. The van der Waals surface area contributed by atoms with Crippen molar-refractivity contribution >= 4 is 11.6 Å². The minimum Gasteiger partial charge on any atom is -0.361 e. The number of carbonyl (C=O) groups is 1. The van der Waals surface area contributed by atoms with E-state index in [1.54, 1.807) is 10.7 Å². The lowest BCUT2D eigenvalue weighted by atomic mass is 9.98. The van der Waals surface area contributed by atoms with Crippen LogP contribution in [0.15, 0.2) is 29.0 Å². The number of piperidine rings is 1. The van der Waals surface area contributed by atoms with Gasteiger partial charge in [-0.05, 0) is 45.6 Å². The van der Waals surface area contributed by atoms with Crippen molar-refractivity contribution in [2.75, 3.05) is 6.54 Å². The van der Waals surface area contributed by atoms with E-state index in [9.17, 15) is 4.79 Å². The number of amides is 1. The van der Waals surface area contributed by atoms with Crippen molar-refractivity contribution in [2.24, 2.45) is 0 Å². The summed E-state index contributed by atoms with van der Waals surface area (Å²) in [6, 6.07) is 3.90. The van der Waals surface area contributed by atoms with Gasteiger partial charge in [-0.25, -0.2) is 9.50 Å². The average Bonchev–Trinajstić information content (AvgIpc) is 3.25. The molecule has 1 aliphatic rings. The molecule has 0 N–H and O–H groups in total. The lowest BCUT2D eigenvalue weighted by Crippen LogP contribution is -2.39. The number of rotatable bonds is 4. The molecule has 136 valence electrons. The fourth-order valence-corrected chi connectivity index (χ4v) is 3.78. The van der Waals surface area contributed by atoms with Gasteiger partial charge in [-0.15, -0.1) is 0 Å². The third-order valence-corrected chi connectivity index (χ3v) is 5.21. The number of carbonyl (C=O) groups excluding carboxylic acids is 1. The molecule has 0 radical (unpaired) electrons. The van der Waals surface area contributed by atoms with Crippen molar-refractivity contribution in [1.82, 2.24) is 24.7 Å². The van der Waals surface area contributed by atoms with Crippen LogP contribution in [0.5, 0.6) is 0 Å². The minimum atomic E-state index is 0.0424. The molecule has 1 saturated heterocycles. The Hall–Kier alpha value is -2.70. The number of hydrogen-bond donors (Lipinski definition) is 0. The van der Waals surface area contributed by atoms with Crippen LogP contribution in [-0.4, -0.2) is 37.1 Å². The van der Waals surface area contributed by atoms with E-state index in [0.717, 1.165) is 54.2 Å². The third kappa shape index (κ3) is 3.09.